The first kappa shape index (κ1) is 25.9. The maximum Gasteiger partial charge on any atom is 0.416 e. The van der Waals surface area contributed by atoms with Crippen molar-refractivity contribution in [3.63, 3.8) is 0 Å². The molecule has 2 aromatic carbocycles. The average Bonchev–Trinajstić information content (AvgIpc) is 2.79. The monoisotopic (exact) mass is 489 g/mol. The van der Waals surface area contributed by atoms with Crippen LogP contribution in [0.15, 0.2) is 54.6 Å². The molecule has 1 aromatic heterocycles. The van der Waals surface area contributed by atoms with Gasteiger partial charge >= 0.3 is 12.1 Å². The number of benzene rings is 2. The number of rotatable bonds is 8. The van der Waals surface area contributed by atoms with Gasteiger partial charge in [0.05, 0.1) is 18.4 Å². The van der Waals surface area contributed by atoms with Gasteiger partial charge in [-0.1, -0.05) is 18.2 Å². The molecule has 1 unspecified atom stereocenters. The number of hydrogen-bond donors (Lipinski definition) is 1. The van der Waals surface area contributed by atoms with Gasteiger partial charge in [0, 0.05) is 22.9 Å². The lowest BCUT2D eigenvalue weighted by atomic mass is 10.0. The molecular weight excluding hydrogens is 463 g/mol. The highest BCUT2D eigenvalue weighted by Crippen LogP contribution is 2.36. The van der Waals surface area contributed by atoms with Crippen LogP contribution in [-0.2, 0) is 11.0 Å². The van der Waals surface area contributed by atoms with Crippen molar-refractivity contribution in [3.05, 3.63) is 71.4 Å². The minimum absolute atomic E-state index is 0.263. The summed E-state index contributed by atoms with van der Waals surface area (Å²) in [7, 11) is 1.44. The number of aromatic nitrogens is 1. The summed E-state index contributed by atoms with van der Waals surface area (Å²) in [4.78, 5) is 15.9. The molecule has 1 heterocycles. The number of carboxylic acids is 1. The van der Waals surface area contributed by atoms with Gasteiger partial charge in [0.25, 0.3) is 0 Å². The summed E-state index contributed by atoms with van der Waals surface area (Å²) < 4.78 is 55.4. The smallest absolute Gasteiger partial charge is 0.416 e. The number of halogens is 3. The SMILES string of the molecule is COc1cc(OC(C)c2ccc(-c3ccc(C(F)(F)F)cc3)nc2C)ccc1OC(C)(C)C(=O)O. The molecule has 0 fully saturated rings. The second-order valence-electron chi connectivity index (χ2n) is 8.44. The van der Waals surface area contributed by atoms with Crippen molar-refractivity contribution in [1.82, 2.24) is 4.98 Å². The van der Waals surface area contributed by atoms with Crippen molar-refractivity contribution in [3.8, 4) is 28.5 Å². The number of carbonyl (C=O) groups is 1. The molecule has 3 aromatic rings. The van der Waals surface area contributed by atoms with E-state index in [4.69, 9.17) is 14.2 Å². The van der Waals surface area contributed by atoms with Gasteiger partial charge in [-0.2, -0.15) is 13.2 Å². The fraction of sp³-hybridized carbons (Fsp3) is 0.308. The Kier molecular flexibility index (Phi) is 7.28. The van der Waals surface area contributed by atoms with E-state index in [1.807, 2.05) is 13.0 Å². The van der Waals surface area contributed by atoms with E-state index in [0.717, 1.165) is 17.7 Å². The van der Waals surface area contributed by atoms with Gasteiger partial charge in [0.1, 0.15) is 11.9 Å². The Morgan fingerprint density at radius 3 is 2.20 bits per heavy atom. The summed E-state index contributed by atoms with van der Waals surface area (Å²) in [6.07, 6.45) is -4.80. The minimum Gasteiger partial charge on any atom is -0.493 e. The first-order valence-electron chi connectivity index (χ1n) is 10.7. The van der Waals surface area contributed by atoms with Crippen LogP contribution >= 0.6 is 0 Å². The zero-order valence-electron chi connectivity index (χ0n) is 19.9. The van der Waals surface area contributed by atoms with E-state index >= 15 is 0 Å². The van der Waals surface area contributed by atoms with Crippen molar-refractivity contribution < 1.29 is 37.3 Å². The lowest BCUT2D eigenvalue weighted by molar-refractivity contribution is -0.152. The van der Waals surface area contributed by atoms with Crippen molar-refractivity contribution in [1.29, 1.82) is 0 Å². The zero-order valence-corrected chi connectivity index (χ0v) is 19.9. The highest BCUT2D eigenvalue weighted by Gasteiger charge is 2.31. The topological polar surface area (TPSA) is 77.9 Å². The van der Waals surface area contributed by atoms with Crippen molar-refractivity contribution in [2.75, 3.05) is 7.11 Å². The molecule has 0 spiro atoms. The summed E-state index contributed by atoms with van der Waals surface area (Å²) in [5.41, 5.74) is 0.440. The first-order chi connectivity index (χ1) is 16.3. The van der Waals surface area contributed by atoms with Gasteiger partial charge in [-0.15, -0.1) is 0 Å². The predicted molar refractivity (Wildman–Crippen MR) is 124 cm³/mol. The number of hydrogen-bond acceptors (Lipinski definition) is 5. The number of ether oxygens (including phenoxy) is 3. The van der Waals surface area contributed by atoms with Crippen LogP contribution in [0, 0.1) is 6.92 Å². The number of methoxy groups -OCH3 is 1. The number of nitrogens with zero attached hydrogens (tertiary/aromatic N) is 1. The Morgan fingerprint density at radius 2 is 1.66 bits per heavy atom. The van der Waals surface area contributed by atoms with E-state index < -0.39 is 29.4 Å². The van der Waals surface area contributed by atoms with E-state index in [1.54, 1.807) is 31.2 Å². The van der Waals surface area contributed by atoms with Crippen LogP contribution < -0.4 is 14.2 Å². The third-order valence-electron chi connectivity index (χ3n) is 5.40. The number of aliphatic carboxylic acids is 1. The number of alkyl halides is 3. The third-order valence-corrected chi connectivity index (χ3v) is 5.40. The van der Waals surface area contributed by atoms with Crippen LogP contribution in [0.2, 0.25) is 0 Å². The Balaban J connectivity index is 1.77. The van der Waals surface area contributed by atoms with Crippen LogP contribution in [0.3, 0.4) is 0 Å². The number of carboxylic acid groups (broad SMARTS) is 1. The Morgan fingerprint density at radius 1 is 1.00 bits per heavy atom. The predicted octanol–water partition coefficient (Wildman–Crippen LogP) is 6.47. The van der Waals surface area contributed by atoms with Gasteiger partial charge in [-0.25, -0.2) is 4.79 Å². The van der Waals surface area contributed by atoms with Crippen LogP contribution in [-0.4, -0.2) is 28.8 Å². The maximum atomic E-state index is 12.8. The molecule has 1 N–H and O–H groups in total. The lowest BCUT2D eigenvalue weighted by Gasteiger charge is -2.23. The van der Waals surface area contributed by atoms with Crippen molar-refractivity contribution in [2.45, 2.75) is 45.6 Å². The van der Waals surface area contributed by atoms with Gasteiger partial charge in [0.15, 0.2) is 17.1 Å². The highest BCUT2D eigenvalue weighted by atomic mass is 19.4. The van der Waals surface area contributed by atoms with E-state index in [2.05, 4.69) is 4.98 Å². The largest absolute Gasteiger partial charge is 0.493 e. The Labute approximate surface area is 201 Å². The quantitative estimate of drug-likeness (QED) is 0.391. The fourth-order valence-electron chi connectivity index (χ4n) is 3.38. The fourth-order valence-corrected chi connectivity index (χ4v) is 3.38. The maximum absolute atomic E-state index is 12.8. The van der Waals surface area contributed by atoms with Crippen LogP contribution in [0.1, 0.15) is 43.7 Å². The van der Waals surface area contributed by atoms with E-state index in [9.17, 15) is 23.1 Å². The number of pyridine rings is 1. The van der Waals surface area contributed by atoms with Gasteiger partial charge in [0.2, 0.25) is 0 Å². The van der Waals surface area contributed by atoms with Crippen molar-refractivity contribution >= 4 is 5.97 Å². The second-order valence-corrected chi connectivity index (χ2v) is 8.44. The molecule has 0 aliphatic carbocycles. The van der Waals surface area contributed by atoms with Crippen molar-refractivity contribution in [2.24, 2.45) is 0 Å². The lowest BCUT2D eigenvalue weighted by Crippen LogP contribution is -2.37. The molecule has 0 saturated heterocycles. The Hall–Kier alpha value is -3.75. The normalized spacial score (nSPS) is 12.7. The summed E-state index contributed by atoms with van der Waals surface area (Å²) >= 11 is 0. The van der Waals surface area contributed by atoms with Crippen LogP contribution in [0.25, 0.3) is 11.3 Å². The van der Waals surface area contributed by atoms with Gasteiger partial charge in [-0.05, 0) is 58.0 Å². The van der Waals surface area contributed by atoms with E-state index in [0.29, 0.717) is 28.5 Å². The summed E-state index contributed by atoms with van der Waals surface area (Å²) in [6.45, 7) is 6.51. The van der Waals surface area contributed by atoms with Gasteiger partial charge < -0.3 is 19.3 Å². The molecule has 0 radical (unpaired) electrons. The van der Waals surface area contributed by atoms with E-state index in [1.165, 1.54) is 33.1 Å². The van der Waals surface area contributed by atoms with Gasteiger partial charge in [-0.3, -0.25) is 4.98 Å². The molecular formula is C26H26F3NO5. The molecule has 0 saturated carbocycles. The minimum atomic E-state index is -4.39. The average molecular weight is 489 g/mol. The van der Waals surface area contributed by atoms with Crippen LogP contribution in [0.4, 0.5) is 13.2 Å². The second kappa shape index (κ2) is 9.85. The summed E-state index contributed by atoms with van der Waals surface area (Å²) in [5.74, 6) is -0.0626. The summed E-state index contributed by atoms with van der Waals surface area (Å²) in [6, 6.07) is 13.2. The molecule has 0 aliphatic rings. The van der Waals surface area contributed by atoms with E-state index in [-0.39, 0.29) is 5.75 Å². The standard InChI is InChI=1S/C26H26F3NO5/c1-15-20(11-12-21(30-15)17-6-8-18(9-7-17)26(27,28)29)16(2)34-19-10-13-22(23(14-19)33-5)35-25(3,4)24(31)32/h6-14,16H,1-5H3,(H,31,32). The molecule has 186 valence electrons. The zero-order chi connectivity index (χ0) is 26.0. The highest BCUT2D eigenvalue weighted by molar-refractivity contribution is 5.77. The molecule has 3 rings (SSSR count). The molecule has 0 amide bonds. The Bertz CT molecular complexity index is 1210. The van der Waals surface area contributed by atoms with Crippen LogP contribution in [0.5, 0.6) is 17.2 Å². The molecule has 0 aliphatic heterocycles. The summed E-state index contributed by atoms with van der Waals surface area (Å²) in [5, 5.41) is 9.29. The molecule has 9 heteroatoms. The molecule has 6 nitrogen and oxygen atoms in total. The third kappa shape index (κ3) is 6.03. The first-order valence-corrected chi connectivity index (χ1v) is 10.7. The number of aryl methyl sites for hydroxylation is 1. The molecule has 1 atom stereocenters. The molecule has 35 heavy (non-hydrogen) atoms. The molecule has 0 bridgehead atoms.